The number of hydrogen-bond donors (Lipinski definition) is 2. The monoisotopic (exact) mass is 372 g/mol. The smallest absolute Gasteiger partial charge is 0.255 e. The number of amides is 1. The van der Waals surface area contributed by atoms with Crippen LogP contribution in [0.15, 0.2) is 30.5 Å². The molecule has 2 N–H and O–H groups in total. The second kappa shape index (κ2) is 7.80. The third kappa shape index (κ3) is 3.64. The SMILES string of the molecule is O=C(NC[C@H]1CCCN2CCCC[C@@H]12)c1cn[nH]c1-c1ccc(Cl)cc1. The van der Waals surface area contributed by atoms with E-state index >= 15 is 0 Å². The van der Waals surface area contributed by atoms with Gasteiger partial charge in [-0.1, -0.05) is 30.2 Å². The molecule has 0 radical (unpaired) electrons. The topological polar surface area (TPSA) is 61.0 Å². The lowest BCUT2D eigenvalue weighted by Gasteiger charge is -2.44. The molecule has 4 rings (SSSR count). The van der Waals surface area contributed by atoms with E-state index in [1.54, 1.807) is 6.20 Å². The number of carbonyl (C=O) groups is 1. The first-order valence-corrected chi connectivity index (χ1v) is 9.92. The summed E-state index contributed by atoms with van der Waals surface area (Å²) >= 11 is 5.96. The Labute approximate surface area is 159 Å². The standard InChI is InChI=1S/C20H25ClN4O/c21-16-8-6-14(7-9-16)19-17(13-23-24-19)20(26)22-12-15-4-3-11-25-10-2-1-5-18(15)25/h6-9,13,15,18H,1-5,10-12H2,(H,22,26)(H,23,24)/t15-,18+/m1/s1. The fourth-order valence-electron chi connectivity index (χ4n) is 4.43. The van der Waals surface area contributed by atoms with Gasteiger partial charge in [0, 0.05) is 23.2 Å². The van der Waals surface area contributed by atoms with Crippen molar-refractivity contribution in [2.24, 2.45) is 5.92 Å². The molecule has 2 saturated heterocycles. The van der Waals surface area contributed by atoms with Gasteiger partial charge < -0.3 is 10.2 Å². The molecule has 1 aromatic carbocycles. The summed E-state index contributed by atoms with van der Waals surface area (Å²) < 4.78 is 0. The number of carbonyl (C=O) groups excluding carboxylic acids is 1. The minimum absolute atomic E-state index is 0.0587. The van der Waals surface area contributed by atoms with Gasteiger partial charge in [-0.25, -0.2) is 0 Å². The predicted octanol–water partition coefficient (Wildman–Crippen LogP) is 3.72. The fourth-order valence-corrected chi connectivity index (χ4v) is 4.56. The zero-order chi connectivity index (χ0) is 17.9. The van der Waals surface area contributed by atoms with Gasteiger partial charge >= 0.3 is 0 Å². The van der Waals surface area contributed by atoms with Crippen LogP contribution in [0.2, 0.25) is 5.02 Å². The Hall–Kier alpha value is -1.85. The normalized spacial score (nSPS) is 23.4. The van der Waals surface area contributed by atoms with E-state index in [0.29, 0.717) is 22.5 Å². The van der Waals surface area contributed by atoms with Gasteiger partial charge in [-0.2, -0.15) is 5.10 Å². The zero-order valence-corrected chi connectivity index (χ0v) is 15.6. The van der Waals surface area contributed by atoms with Crippen molar-refractivity contribution in [1.82, 2.24) is 20.4 Å². The van der Waals surface area contributed by atoms with Crippen molar-refractivity contribution in [3.63, 3.8) is 0 Å². The minimum Gasteiger partial charge on any atom is -0.352 e. The van der Waals surface area contributed by atoms with Crippen LogP contribution in [-0.4, -0.2) is 46.7 Å². The lowest BCUT2D eigenvalue weighted by molar-refractivity contribution is 0.0576. The Bertz CT molecular complexity index is 755. The Morgan fingerprint density at radius 1 is 1.19 bits per heavy atom. The maximum atomic E-state index is 12.8. The van der Waals surface area contributed by atoms with Crippen LogP contribution >= 0.6 is 11.6 Å². The Balaban J connectivity index is 1.43. The highest BCUT2D eigenvalue weighted by molar-refractivity contribution is 6.30. The molecule has 0 aliphatic carbocycles. The van der Waals surface area contributed by atoms with Gasteiger partial charge in [-0.05, 0) is 56.8 Å². The molecule has 2 aromatic rings. The van der Waals surface area contributed by atoms with Crippen molar-refractivity contribution >= 4 is 17.5 Å². The largest absolute Gasteiger partial charge is 0.352 e. The molecule has 138 valence electrons. The van der Waals surface area contributed by atoms with Crippen molar-refractivity contribution in [2.45, 2.75) is 38.1 Å². The number of hydrogen-bond acceptors (Lipinski definition) is 3. The molecule has 2 atom stereocenters. The molecular formula is C20H25ClN4O. The highest BCUT2D eigenvalue weighted by Crippen LogP contribution is 2.30. The quantitative estimate of drug-likeness (QED) is 0.859. The molecule has 2 aliphatic rings. The number of aromatic nitrogens is 2. The maximum absolute atomic E-state index is 12.8. The Kier molecular flexibility index (Phi) is 5.27. The second-order valence-electron chi connectivity index (χ2n) is 7.38. The average molecular weight is 373 g/mol. The van der Waals surface area contributed by atoms with Crippen molar-refractivity contribution < 1.29 is 4.79 Å². The van der Waals surface area contributed by atoms with Gasteiger partial charge in [0.25, 0.3) is 5.91 Å². The molecule has 5 nitrogen and oxygen atoms in total. The van der Waals surface area contributed by atoms with Crippen LogP contribution in [0.5, 0.6) is 0 Å². The summed E-state index contributed by atoms with van der Waals surface area (Å²) in [6.07, 6.45) is 7.94. The number of nitrogens with one attached hydrogen (secondary N) is 2. The molecule has 0 unspecified atom stereocenters. The van der Waals surface area contributed by atoms with Gasteiger partial charge in [0.1, 0.15) is 0 Å². The molecule has 0 spiro atoms. The number of nitrogens with zero attached hydrogens (tertiary/aromatic N) is 2. The van der Waals surface area contributed by atoms with E-state index in [-0.39, 0.29) is 5.91 Å². The number of fused-ring (bicyclic) bond motifs is 1. The van der Waals surface area contributed by atoms with Crippen molar-refractivity contribution in [1.29, 1.82) is 0 Å². The van der Waals surface area contributed by atoms with E-state index in [4.69, 9.17) is 11.6 Å². The van der Waals surface area contributed by atoms with Crippen LogP contribution < -0.4 is 5.32 Å². The summed E-state index contributed by atoms with van der Waals surface area (Å²) in [5.74, 6) is 0.496. The third-order valence-electron chi connectivity index (χ3n) is 5.77. The Morgan fingerprint density at radius 3 is 2.85 bits per heavy atom. The van der Waals surface area contributed by atoms with E-state index in [1.165, 1.54) is 45.2 Å². The number of H-pyrrole nitrogens is 1. The van der Waals surface area contributed by atoms with E-state index in [1.807, 2.05) is 24.3 Å². The highest BCUT2D eigenvalue weighted by atomic mass is 35.5. The van der Waals surface area contributed by atoms with Crippen molar-refractivity contribution in [3.05, 3.63) is 41.0 Å². The molecule has 2 fully saturated rings. The average Bonchev–Trinajstić information content (AvgIpc) is 3.16. The number of piperidine rings is 2. The molecule has 6 heteroatoms. The molecular weight excluding hydrogens is 348 g/mol. The number of halogens is 1. The first-order chi connectivity index (χ1) is 12.7. The molecule has 3 heterocycles. The Morgan fingerprint density at radius 2 is 2.00 bits per heavy atom. The van der Waals surface area contributed by atoms with Crippen LogP contribution in [0.4, 0.5) is 0 Å². The van der Waals surface area contributed by atoms with Gasteiger partial charge in [-0.3, -0.25) is 9.89 Å². The van der Waals surface area contributed by atoms with Gasteiger partial charge in [0.15, 0.2) is 0 Å². The lowest BCUT2D eigenvalue weighted by atomic mass is 9.83. The molecule has 2 aliphatic heterocycles. The minimum atomic E-state index is -0.0587. The van der Waals surface area contributed by atoms with E-state index < -0.39 is 0 Å². The van der Waals surface area contributed by atoms with Crippen molar-refractivity contribution in [2.75, 3.05) is 19.6 Å². The lowest BCUT2D eigenvalue weighted by Crippen LogP contribution is -2.51. The number of aromatic amines is 1. The number of rotatable bonds is 4. The summed E-state index contributed by atoms with van der Waals surface area (Å²) in [5.41, 5.74) is 2.24. The molecule has 0 saturated carbocycles. The van der Waals surface area contributed by atoms with E-state index in [0.717, 1.165) is 17.8 Å². The first-order valence-electron chi connectivity index (χ1n) is 9.54. The van der Waals surface area contributed by atoms with Gasteiger partial charge in [0.05, 0.1) is 17.5 Å². The molecule has 26 heavy (non-hydrogen) atoms. The first kappa shape index (κ1) is 17.6. The summed E-state index contributed by atoms with van der Waals surface area (Å²) in [4.78, 5) is 15.4. The van der Waals surface area contributed by atoms with Crippen LogP contribution in [0.1, 0.15) is 42.5 Å². The van der Waals surface area contributed by atoms with Crippen LogP contribution in [0, 0.1) is 5.92 Å². The third-order valence-corrected chi connectivity index (χ3v) is 6.02. The van der Waals surface area contributed by atoms with Crippen LogP contribution in [-0.2, 0) is 0 Å². The molecule has 1 aromatic heterocycles. The fraction of sp³-hybridized carbons (Fsp3) is 0.500. The van der Waals surface area contributed by atoms with Crippen LogP contribution in [0.3, 0.4) is 0 Å². The summed E-state index contributed by atoms with van der Waals surface area (Å²) in [7, 11) is 0. The van der Waals surface area contributed by atoms with Crippen LogP contribution in [0.25, 0.3) is 11.3 Å². The highest BCUT2D eigenvalue weighted by Gasteiger charge is 2.33. The summed E-state index contributed by atoms with van der Waals surface area (Å²) in [5, 5.41) is 10.9. The zero-order valence-electron chi connectivity index (χ0n) is 14.9. The predicted molar refractivity (Wildman–Crippen MR) is 103 cm³/mol. The molecule has 1 amide bonds. The second-order valence-corrected chi connectivity index (χ2v) is 7.81. The van der Waals surface area contributed by atoms with E-state index in [9.17, 15) is 4.79 Å². The molecule has 0 bridgehead atoms. The van der Waals surface area contributed by atoms with Crippen molar-refractivity contribution in [3.8, 4) is 11.3 Å². The summed E-state index contributed by atoms with van der Waals surface area (Å²) in [6, 6.07) is 8.07. The maximum Gasteiger partial charge on any atom is 0.255 e. The van der Waals surface area contributed by atoms with E-state index in [2.05, 4.69) is 20.4 Å². The summed E-state index contributed by atoms with van der Waals surface area (Å²) in [6.45, 7) is 3.18. The number of benzene rings is 1. The van der Waals surface area contributed by atoms with Gasteiger partial charge in [-0.15, -0.1) is 0 Å². The van der Waals surface area contributed by atoms with Gasteiger partial charge in [0.2, 0.25) is 0 Å².